The van der Waals surface area contributed by atoms with E-state index in [4.69, 9.17) is 9.47 Å². The van der Waals surface area contributed by atoms with E-state index in [1.165, 1.54) is 6.07 Å². The molecular formula is C26H31N3O8S2. The zero-order valence-electron chi connectivity index (χ0n) is 22.1. The molecule has 0 aliphatic carbocycles. The van der Waals surface area contributed by atoms with Gasteiger partial charge in [0.15, 0.2) is 20.6 Å². The van der Waals surface area contributed by atoms with Gasteiger partial charge in [0.25, 0.3) is 10.0 Å². The van der Waals surface area contributed by atoms with Crippen LogP contribution in [0.25, 0.3) is 11.1 Å². The van der Waals surface area contributed by atoms with Gasteiger partial charge in [-0.05, 0) is 37.5 Å². The van der Waals surface area contributed by atoms with Crippen molar-refractivity contribution in [2.45, 2.75) is 50.1 Å². The SMILES string of the molecule is CCCc1nc(S(C)(=O)=O)c(C(=O)OCC)n1Cc1ccc(-c2ccccc2S(=O)(=O)NC(=O)OCC)cc1. The Morgan fingerprint density at radius 1 is 0.923 bits per heavy atom. The summed E-state index contributed by atoms with van der Waals surface area (Å²) in [5.41, 5.74) is 1.50. The maximum absolute atomic E-state index is 12.8. The normalized spacial score (nSPS) is 11.7. The van der Waals surface area contributed by atoms with E-state index in [-0.39, 0.29) is 35.4 Å². The summed E-state index contributed by atoms with van der Waals surface area (Å²) in [6.45, 7) is 5.33. The number of carbonyl (C=O) groups is 2. The Labute approximate surface area is 228 Å². The molecule has 3 aromatic rings. The van der Waals surface area contributed by atoms with Gasteiger partial charge >= 0.3 is 12.1 Å². The summed E-state index contributed by atoms with van der Waals surface area (Å²) in [5, 5.41) is -0.325. The number of amides is 1. The van der Waals surface area contributed by atoms with Crippen molar-refractivity contribution < 1.29 is 35.9 Å². The van der Waals surface area contributed by atoms with Gasteiger partial charge in [0.2, 0.25) is 0 Å². The first-order chi connectivity index (χ1) is 18.4. The van der Waals surface area contributed by atoms with Crippen LogP contribution in [-0.2, 0) is 42.3 Å². The third-order valence-electron chi connectivity index (χ3n) is 5.58. The molecule has 11 nitrogen and oxygen atoms in total. The Bertz CT molecular complexity index is 1560. The molecule has 0 spiro atoms. The number of rotatable bonds is 11. The quantitative estimate of drug-likeness (QED) is 0.337. The standard InChI is InChI=1S/C26H31N3O8S2/c1-5-10-22-27-24(38(4,32)33)23(25(30)36-6-2)29(22)17-18-13-15-19(16-14-18)20-11-8-9-12-21(20)39(34,35)28-26(31)37-7-3/h8-9,11-16H,5-7,10,17H2,1-4H3,(H,28,31). The number of esters is 1. The maximum atomic E-state index is 12.8. The van der Waals surface area contributed by atoms with Gasteiger partial charge < -0.3 is 14.0 Å². The number of hydrogen-bond acceptors (Lipinski definition) is 9. The molecule has 0 radical (unpaired) electrons. The molecular weight excluding hydrogens is 546 g/mol. The Balaban J connectivity index is 2.02. The largest absolute Gasteiger partial charge is 0.461 e. The summed E-state index contributed by atoms with van der Waals surface area (Å²) in [5.74, 6) is -0.343. The summed E-state index contributed by atoms with van der Waals surface area (Å²) in [6, 6.07) is 13.1. The number of hydrogen-bond donors (Lipinski definition) is 1. The Hall–Kier alpha value is -3.71. The zero-order chi connectivity index (χ0) is 28.8. The van der Waals surface area contributed by atoms with Gasteiger partial charge in [-0.3, -0.25) is 0 Å². The fourth-order valence-electron chi connectivity index (χ4n) is 3.95. The van der Waals surface area contributed by atoms with E-state index < -0.39 is 31.9 Å². The second-order valence-corrected chi connectivity index (χ2v) is 12.1. The molecule has 0 aliphatic rings. The second-order valence-electron chi connectivity index (χ2n) is 8.53. The molecule has 0 atom stereocenters. The zero-order valence-corrected chi connectivity index (χ0v) is 23.8. The van der Waals surface area contributed by atoms with Gasteiger partial charge in [-0.2, -0.15) is 0 Å². The highest BCUT2D eigenvalue weighted by atomic mass is 32.2. The number of imidazole rings is 1. The molecule has 0 bridgehead atoms. The number of sulfone groups is 1. The molecule has 3 rings (SSSR count). The van der Waals surface area contributed by atoms with Crippen molar-refractivity contribution in [2.24, 2.45) is 0 Å². The van der Waals surface area contributed by atoms with Gasteiger partial charge in [-0.25, -0.2) is 36.1 Å². The smallest absolute Gasteiger partial charge is 0.421 e. The van der Waals surface area contributed by atoms with Crippen LogP contribution in [0.15, 0.2) is 58.5 Å². The summed E-state index contributed by atoms with van der Waals surface area (Å²) < 4.78 is 63.8. The van der Waals surface area contributed by atoms with E-state index in [1.807, 2.05) is 11.6 Å². The van der Waals surface area contributed by atoms with E-state index in [0.29, 0.717) is 35.4 Å². The lowest BCUT2D eigenvalue weighted by Crippen LogP contribution is -2.31. The highest BCUT2D eigenvalue weighted by Crippen LogP contribution is 2.28. The summed E-state index contributed by atoms with van der Waals surface area (Å²) >= 11 is 0. The summed E-state index contributed by atoms with van der Waals surface area (Å²) in [4.78, 5) is 28.7. The first kappa shape index (κ1) is 29.8. The monoisotopic (exact) mass is 577 g/mol. The summed E-state index contributed by atoms with van der Waals surface area (Å²) in [7, 11) is -8.02. The van der Waals surface area contributed by atoms with E-state index in [1.54, 1.807) is 60.9 Å². The van der Waals surface area contributed by atoms with Crippen LogP contribution in [0, 0.1) is 0 Å². The molecule has 39 heavy (non-hydrogen) atoms. The van der Waals surface area contributed by atoms with Crippen LogP contribution in [0.1, 0.15) is 49.1 Å². The Morgan fingerprint density at radius 2 is 1.56 bits per heavy atom. The third-order valence-corrected chi connectivity index (χ3v) is 7.94. The van der Waals surface area contributed by atoms with Crippen molar-refractivity contribution in [3.05, 3.63) is 65.6 Å². The number of aryl methyl sites for hydroxylation is 1. The molecule has 1 aromatic heterocycles. The molecule has 0 unspecified atom stereocenters. The lowest BCUT2D eigenvalue weighted by atomic mass is 10.0. The van der Waals surface area contributed by atoms with Gasteiger partial charge in [-0.1, -0.05) is 49.4 Å². The van der Waals surface area contributed by atoms with Gasteiger partial charge in [-0.15, -0.1) is 0 Å². The number of nitrogens with zero attached hydrogens (tertiary/aromatic N) is 2. The topological polar surface area (TPSA) is 151 Å². The number of nitrogens with one attached hydrogen (secondary N) is 1. The molecule has 0 aliphatic heterocycles. The van der Waals surface area contributed by atoms with Crippen molar-refractivity contribution in [3.63, 3.8) is 0 Å². The van der Waals surface area contributed by atoms with Crippen molar-refractivity contribution in [2.75, 3.05) is 19.5 Å². The van der Waals surface area contributed by atoms with Gasteiger partial charge in [0.05, 0.1) is 18.1 Å². The highest BCUT2D eigenvalue weighted by molar-refractivity contribution is 7.90. The van der Waals surface area contributed by atoms with Crippen molar-refractivity contribution in [1.82, 2.24) is 14.3 Å². The minimum absolute atomic E-state index is 0.0188. The lowest BCUT2D eigenvalue weighted by Gasteiger charge is -2.14. The van der Waals surface area contributed by atoms with E-state index in [2.05, 4.69) is 4.98 Å². The molecule has 0 fully saturated rings. The Morgan fingerprint density at radius 3 is 2.15 bits per heavy atom. The third kappa shape index (κ3) is 7.03. The van der Waals surface area contributed by atoms with Crippen LogP contribution in [0.5, 0.6) is 0 Å². The van der Waals surface area contributed by atoms with Crippen LogP contribution < -0.4 is 4.72 Å². The van der Waals surface area contributed by atoms with E-state index in [9.17, 15) is 26.4 Å². The number of aromatic nitrogens is 2. The molecule has 1 amide bonds. The molecule has 0 saturated carbocycles. The fourth-order valence-corrected chi connectivity index (χ4v) is 5.89. The van der Waals surface area contributed by atoms with E-state index in [0.717, 1.165) is 6.26 Å². The molecule has 1 N–H and O–H groups in total. The average Bonchev–Trinajstić information content (AvgIpc) is 3.23. The summed E-state index contributed by atoms with van der Waals surface area (Å²) in [6.07, 6.45) is 1.04. The fraction of sp³-hybridized carbons (Fsp3) is 0.346. The number of benzene rings is 2. The molecule has 2 aromatic carbocycles. The van der Waals surface area contributed by atoms with E-state index >= 15 is 0 Å². The molecule has 13 heteroatoms. The maximum Gasteiger partial charge on any atom is 0.421 e. The first-order valence-electron chi connectivity index (χ1n) is 12.3. The minimum atomic E-state index is -4.21. The van der Waals surface area contributed by atoms with Crippen LogP contribution in [0.2, 0.25) is 0 Å². The van der Waals surface area contributed by atoms with Crippen molar-refractivity contribution >= 4 is 31.9 Å². The van der Waals surface area contributed by atoms with Crippen LogP contribution in [-0.4, -0.2) is 57.9 Å². The van der Waals surface area contributed by atoms with Crippen molar-refractivity contribution in [1.29, 1.82) is 0 Å². The number of ether oxygens (including phenoxy) is 2. The minimum Gasteiger partial charge on any atom is -0.461 e. The van der Waals surface area contributed by atoms with Gasteiger partial charge in [0.1, 0.15) is 5.82 Å². The highest BCUT2D eigenvalue weighted by Gasteiger charge is 2.30. The van der Waals surface area contributed by atoms with Crippen molar-refractivity contribution in [3.8, 4) is 11.1 Å². The first-order valence-corrected chi connectivity index (χ1v) is 15.6. The molecule has 1 heterocycles. The number of sulfonamides is 1. The second kappa shape index (κ2) is 12.4. The lowest BCUT2D eigenvalue weighted by molar-refractivity contribution is 0.0508. The van der Waals surface area contributed by atoms with Crippen LogP contribution in [0.3, 0.4) is 0 Å². The van der Waals surface area contributed by atoms with Gasteiger partial charge in [0, 0.05) is 24.8 Å². The average molecular weight is 578 g/mol. The number of carbonyl (C=O) groups excluding carboxylic acids is 2. The van der Waals surface area contributed by atoms with Crippen LogP contribution >= 0.6 is 0 Å². The predicted molar refractivity (Wildman–Crippen MR) is 144 cm³/mol. The molecule has 210 valence electrons. The Kier molecular flexibility index (Phi) is 9.51. The predicted octanol–water partition coefficient (Wildman–Crippen LogP) is 3.57. The van der Waals surface area contributed by atoms with Crippen LogP contribution in [0.4, 0.5) is 4.79 Å². The molecule has 0 saturated heterocycles.